The lowest BCUT2D eigenvalue weighted by Gasteiger charge is -2.36. The molecule has 1 aliphatic rings. The van der Waals surface area contributed by atoms with Crippen molar-refractivity contribution in [2.24, 2.45) is 0 Å². The van der Waals surface area contributed by atoms with Gasteiger partial charge in [-0.25, -0.2) is 14.4 Å². The average Bonchev–Trinajstić information content (AvgIpc) is 2.75. The average molecular weight is 411 g/mol. The smallest absolute Gasteiger partial charge is 0.312 e. The van der Waals surface area contributed by atoms with Crippen LogP contribution in [0.4, 0.5) is 15.9 Å². The van der Waals surface area contributed by atoms with Crippen LogP contribution < -0.4 is 15.4 Å². The van der Waals surface area contributed by atoms with Crippen molar-refractivity contribution in [3.63, 3.8) is 0 Å². The fourth-order valence-electron chi connectivity index (χ4n) is 3.48. The van der Waals surface area contributed by atoms with Crippen LogP contribution in [-0.2, 0) is 16.0 Å². The number of anilines is 2. The zero-order valence-electron chi connectivity index (χ0n) is 16.6. The van der Waals surface area contributed by atoms with Gasteiger partial charge < -0.3 is 19.5 Å². The number of pyridine rings is 1. The summed E-state index contributed by atoms with van der Waals surface area (Å²) in [6, 6.07) is 10.1. The van der Waals surface area contributed by atoms with Crippen molar-refractivity contribution in [2.75, 3.05) is 42.6 Å². The third kappa shape index (κ3) is 4.24. The summed E-state index contributed by atoms with van der Waals surface area (Å²) < 4.78 is 18.0. The highest BCUT2D eigenvalue weighted by atomic mass is 19.1. The predicted octanol–water partition coefficient (Wildman–Crippen LogP) is 1.89. The van der Waals surface area contributed by atoms with Gasteiger partial charge in [0, 0.05) is 31.9 Å². The summed E-state index contributed by atoms with van der Waals surface area (Å²) in [4.78, 5) is 39.8. The number of nitrogens with zero attached hydrogens (tertiary/aromatic N) is 4. The number of nitrogens with one attached hydrogen (secondary N) is 1. The standard InChI is InChI=1S/C21H22FN5O3/c1-2-30-19(28)13-17-21(29)24-16-7-8-18(25-20(16)23-17)27-11-9-26(10-12-27)15-5-3-14(22)4-6-15/h3-8H,2,9-13H2,1H3,(H,24,29). The van der Waals surface area contributed by atoms with Crippen molar-refractivity contribution >= 4 is 28.6 Å². The molecule has 1 N–H and O–H groups in total. The second-order valence-corrected chi connectivity index (χ2v) is 6.99. The van der Waals surface area contributed by atoms with Crippen LogP contribution in [0.1, 0.15) is 12.6 Å². The zero-order valence-corrected chi connectivity index (χ0v) is 16.6. The Labute approximate surface area is 172 Å². The first-order valence-electron chi connectivity index (χ1n) is 9.84. The Morgan fingerprint density at radius 2 is 1.77 bits per heavy atom. The number of carbonyl (C=O) groups is 1. The van der Waals surface area contributed by atoms with Gasteiger partial charge in [0.15, 0.2) is 5.65 Å². The molecule has 0 atom stereocenters. The highest BCUT2D eigenvalue weighted by molar-refractivity contribution is 5.75. The van der Waals surface area contributed by atoms with Gasteiger partial charge in [0.2, 0.25) is 0 Å². The van der Waals surface area contributed by atoms with E-state index >= 15 is 0 Å². The van der Waals surface area contributed by atoms with Gasteiger partial charge in [-0.05, 0) is 43.3 Å². The molecule has 8 nitrogen and oxygen atoms in total. The molecule has 0 aliphatic carbocycles. The largest absolute Gasteiger partial charge is 0.466 e. The summed E-state index contributed by atoms with van der Waals surface area (Å²) >= 11 is 0. The van der Waals surface area contributed by atoms with Crippen LogP contribution in [0.5, 0.6) is 0 Å². The number of halogens is 1. The lowest BCUT2D eigenvalue weighted by molar-refractivity contribution is -0.142. The first-order valence-corrected chi connectivity index (χ1v) is 9.84. The van der Waals surface area contributed by atoms with Crippen LogP contribution in [0.15, 0.2) is 41.2 Å². The maximum atomic E-state index is 13.1. The van der Waals surface area contributed by atoms with E-state index < -0.39 is 11.5 Å². The highest BCUT2D eigenvalue weighted by Crippen LogP contribution is 2.21. The zero-order chi connectivity index (χ0) is 21.1. The molecule has 0 saturated carbocycles. The van der Waals surface area contributed by atoms with Gasteiger partial charge in [0.05, 0.1) is 18.5 Å². The van der Waals surface area contributed by atoms with Gasteiger partial charge >= 0.3 is 5.97 Å². The molecule has 0 amide bonds. The second kappa shape index (κ2) is 8.48. The fourth-order valence-corrected chi connectivity index (χ4v) is 3.48. The van der Waals surface area contributed by atoms with Crippen LogP contribution in [0.3, 0.4) is 0 Å². The number of aromatic amines is 1. The molecule has 1 aromatic carbocycles. The number of rotatable bonds is 5. The maximum Gasteiger partial charge on any atom is 0.312 e. The number of hydrogen-bond acceptors (Lipinski definition) is 7. The van der Waals surface area contributed by atoms with E-state index in [1.54, 1.807) is 25.1 Å². The third-order valence-corrected chi connectivity index (χ3v) is 5.02. The molecule has 2 aromatic heterocycles. The van der Waals surface area contributed by atoms with Crippen molar-refractivity contribution < 1.29 is 13.9 Å². The Kier molecular flexibility index (Phi) is 5.60. The molecule has 0 bridgehead atoms. The molecule has 3 heterocycles. The van der Waals surface area contributed by atoms with Gasteiger partial charge in [0.25, 0.3) is 5.56 Å². The number of esters is 1. The van der Waals surface area contributed by atoms with Crippen molar-refractivity contribution in [3.05, 3.63) is 58.3 Å². The molecule has 0 spiro atoms. The molecule has 0 unspecified atom stereocenters. The van der Waals surface area contributed by atoms with Crippen LogP contribution >= 0.6 is 0 Å². The normalized spacial score (nSPS) is 14.2. The molecule has 3 aromatic rings. The summed E-state index contributed by atoms with van der Waals surface area (Å²) in [5.74, 6) is 0.0106. The maximum absolute atomic E-state index is 13.1. The minimum atomic E-state index is -0.497. The molecule has 9 heteroatoms. The quantitative estimate of drug-likeness (QED) is 0.641. The van der Waals surface area contributed by atoms with Crippen molar-refractivity contribution in [2.45, 2.75) is 13.3 Å². The van der Waals surface area contributed by atoms with Gasteiger partial charge in [-0.1, -0.05) is 0 Å². The molecule has 1 fully saturated rings. The first kappa shape index (κ1) is 19.8. The van der Waals surface area contributed by atoms with E-state index in [0.717, 1.165) is 37.7 Å². The summed E-state index contributed by atoms with van der Waals surface area (Å²) in [6.45, 7) is 5.00. The van der Waals surface area contributed by atoms with E-state index in [-0.39, 0.29) is 24.5 Å². The first-order chi connectivity index (χ1) is 14.5. The van der Waals surface area contributed by atoms with E-state index in [4.69, 9.17) is 4.74 Å². The van der Waals surface area contributed by atoms with E-state index in [1.807, 2.05) is 6.07 Å². The Balaban J connectivity index is 1.50. The van der Waals surface area contributed by atoms with Crippen molar-refractivity contribution in [3.8, 4) is 0 Å². The topological polar surface area (TPSA) is 91.4 Å². The monoisotopic (exact) mass is 411 g/mol. The van der Waals surface area contributed by atoms with Gasteiger partial charge in [0.1, 0.15) is 17.3 Å². The summed E-state index contributed by atoms with van der Waals surface area (Å²) in [7, 11) is 0. The molecular formula is C21H22FN5O3. The van der Waals surface area contributed by atoms with E-state index in [1.165, 1.54) is 12.1 Å². The minimum Gasteiger partial charge on any atom is -0.466 e. The Morgan fingerprint density at radius 1 is 1.07 bits per heavy atom. The summed E-state index contributed by atoms with van der Waals surface area (Å²) in [6.07, 6.45) is -0.193. The van der Waals surface area contributed by atoms with Crippen LogP contribution in [0.25, 0.3) is 11.2 Å². The van der Waals surface area contributed by atoms with E-state index in [0.29, 0.717) is 11.2 Å². The molecule has 30 heavy (non-hydrogen) atoms. The lowest BCUT2D eigenvalue weighted by Crippen LogP contribution is -2.46. The van der Waals surface area contributed by atoms with Crippen molar-refractivity contribution in [1.82, 2.24) is 15.0 Å². The minimum absolute atomic E-state index is 0.0896. The Morgan fingerprint density at radius 3 is 2.47 bits per heavy atom. The fraction of sp³-hybridized carbons (Fsp3) is 0.333. The SMILES string of the molecule is CCOC(=O)Cc1nc2nc(N3CCN(c4ccc(F)cc4)CC3)ccc2[nH]c1=O. The summed E-state index contributed by atoms with van der Waals surface area (Å²) in [5, 5.41) is 0. The van der Waals surface area contributed by atoms with Gasteiger partial charge in [-0.3, -0.25) is 9.59 Å². The number of H-pyrrole nitrogens is 1. The summed E-state index contributed by atoms with van der Waals surface area (Å²) in [5.41, 5.74) is 1.56. The second-order valence-electron chi connectivity index (χ2n) is 6.99. The molecule has 1 aliphatic heterocycles. The van der Waals surface area contributed by atoms with Crippen LogP contribution in [-0.4, -0.2) is 53.7 Å². The molecule has 156 valence electrons. The number of benzene rings is 1. The highest BCUT2D eigenvalue weighted by Gasteiger charge is 2.19. The third-order valence-electron chi connectivity index (χ3n) is 5.02. The number of fused-ring (bicyclic) bond motifs is 1. The van der Waals surface area contributed by atoms with Crippen molar-refractivity contribution in [1.29, 1.82) is 0 Å². The molecule has 1 saturated heterocycles. The van der Waals surface area contributed by atoms with Crippen LogP contribution in [0.2, 0.25) is 0 Å². The Bertz CT molecular complexity index is 1110. The molecule has 4 rings (SSSR count). The number of hydrogen-bond donors (Lipinski definition) is 1. The predicted molar refractivity (Wildman–Crippen MR) is 111 cm³/mol. The van der Waals surface area contributed by atoms with E-state index in [9.17, 15) is 14.0 Å². The number of ether oxygens (including phenoxy) is 1. The van der Waals surface area contributed by atoms with Gasteiger partial charge in [-0.15, -0.1) is 0 Å². The Hall–Kier alpha value is -3.49. The van der Waals surface area contributed by atoms with Crippen LogP contribution in [0, 0.1) is 5.82 Å². The number of carbonyl (C=O) groups excluding carboxylic acids is 1. The molecule has 0 radical (unpaired) electrons. The number of piperazine rings is 1. The van der Waals surface area contributed by atoms with Gasteiger partial charge in [-0.2, -0.15) is 0 Å². The lowest BCUT2D eigenvalue weighted by atomic mass is 10.2. The number of aromatic nitrogens is 3. The van der Waals surface area contributed by atoms with E-state index in [2.05, 4.69) is 24.8 Å². The molecular weight excluding hydrogens is 389 g/mol.